The number of rotatable bonds is 6. The number of hydrogen-bond acceptors (Lipinski definition) is 5. The van der Waals surface area contributed by atoms with Crippen LogP contribution in [0.4, 0.5) is 4.79 Å². The Morgan fingerprint density at radius 3 is 2.23 bits per heavy atom. The Bertz CT molecular complexity index is 1370. The van der Waals surface area contributed by atoms with Crippen LogP contribution in [0.1, 0.15) is 48.8 Å². The Labute approximate surface area is 244 Å². The molecule has 0 aromatic heterocycles. The molecule has 2 N–H and O–H groups in total. The van der Waals surface area contributed by atoms with Gasteiger partial charge in [0.05, 0.1) is 25.3 Å². The van der Waals surface area contributed by atoms with Crippen molar-refractivity contribution >= 4 is 35.1 Å². The van der Waals surface area contributed by atoms with Gasteiger partial charge in [-0.2, -0.15) is 0 Å². The highest BCUT2D eigenvalue weighted by Crippen LogP contribution is 2.48. The van der Waals surface area contributed by atoms with Crippen molar-refractivity contribution in [2.45, 2.75) is 38.2 Å². The Morgan fingerprint density at radius 2 is 1.62 bits per heavy atom. The Morgan fingerprint density at radius 1 is 0.975 bits per heavy atom. The molecule has 40 heavy (non-hydrogen) atoms. The molecular formula is C30H32Cl2N4O4. The summed E-state index contributed by atoms with van der Waals surface area (Å²) in [5.41, 5.74) is 2.63. The molecule has 3 atom stereocenters. The zero-order valence-corrected chi connectivity index (χ0v) is 24.1. The summed E-state index contributed by atoms with van der Waals surface area (Å²) in [5.74, 6) is 1.06. The highest BCUT2D eigenvalue weighted by Gasteiger charge is 2.48. The molecule has 10 heteroatoms. The Kier molecular flexibility index (Phi) is 8.40. The van der Waals surface area contributed by atoms with E-state index < -0.39 is 12.2 Å². The Balaban J connectivity index is 1.68. The smallest absolute Gasteiger partial charge is 0.322 e. The number of hydrogen-bond donors (Lipinski definition) is 2. The summed E-state index contributed by atoms with van der Waals surface area (Å²) in [6.07, 6.45) is -0.695. The molecule has 2 fully saturated rings. The molecule has 3 aromatic carbocycles. The van der Waals surface area contributed by atoms with Gasteiger partial charge in [-0.25, -0.2) is 4.79 Å². The fraction of sp³-hybridized carbons (Fsp3) is 0.333. The van der Waals surface area contributed by atoms with E-state index in [1.807, 2.05) is 85.5 Å². The fourth-order valence-corrected chi connectivity index (χ4v) is 5.53. The lowest BCUT2D eigenvalue weighted by Gasteiger charge is -2.37. The van der Waals surface area contributed by atoms with Crippen LogP contribution in [-0.2, 0) is 4.79 Å². The van der Waals surface area contributed by atoms with E-state index in [-0.39, 0.29) is 30.6 Å². The van der Waals surface area contributed by atoms with Crippen molar-refractivity contribution in [1.82, 2.24) is 20.4 Å². The molecule has 2 saturated heterocycles. The van der Waals surface area contributed by atoms with Crippen LogP contribution in [0.2, 0.25) is 10.0 Å². The first-order chi connectivity index (χ1) is 19.2. The van der Waals surface area contributed by atoms with E-state index in [0.29, 0.717) is 34.6 Å². The van der Waals surface area contributed by atoms with E-state index in [4.69, 9.17) is 32.7 Å². The minimum Gasteiger partial charge on any atom is -0.497 e. The number of nitrogens with one attached hydrogen (secondary N) is 2. The summed E-state index contributed by atoms with van der Waals surface area (Å²) in [5, 5.41) is 7.75. The SMILES string of the molecule is COc1ccc(C2N[C@@H](c3ccc(Cl)cc3)[C@@H](c3ccc(Cl)cc3)N2C(=O)N2CCNC(=O)C2)c(OC(C)C)c1. The number of urea groups is 1. The summed E-state index contributed by atoms with van der Waals surface area (Å²) < 4.78 is 11.7. The second kappa shape index (κ2) is 12.0. The zero-order chi connectivity index (χ0) is 28.4. The van der Waals surface area contributed by atoms with Crippen LogP contribution in [-0.4, -0.2) is 54.6 Å². The lowest BCUT2D eigenvalue weighted by molar-refractivity contribution is -0.123. The number of piperazine rings is 1. The molecule has 210 valence electrons. The number of nitrogens with zero attached hydrogens (tertiary/aromatic N) is 2. The number of amides is 3. The fourth-order valence-electron chi connectivity index (χ4n) is 5.28. The van der Waals surface area contributed by atoms with Crippen LogP contribution in [0, 0.1) is 0 Å². The molecule has 0 saturated carbocycles. The van der Waals surface area contributed by atoms with Crippen molar-refractivity contribution in [3.63, 3.8) is 0 Å². The van der Waals surface area contributed by atoms with Gasteiger partial charge >= 0.3 is 6.03 Å². The van der Waals surface area contributed by atoms with Crippen LogP contribution in [0.15, 0.2) is 66.7 Å². The monoisotopic (exact) mass is 582 g/mol. The third-order valence-corrected chi connectivity index (χ3v) is 7.58. The van der Waals surface area contributed by atoms with E-state index in [1.54, 1.807) is 12.0 Å². The van der Waals surface area contributed by atoms with Crippen LogP contribution in [0.3, 0.4) is 0 Å². The lowest BCUT2D eigenvalue weighted by Crippen LogP contribution is -2.54. The summed E-state index contributed by atoms with van der Waals surface area (Å²) >= 11 is 12.5. The van der Waals surface area contributed by atoms with E-state index in [2.05, 4.69) is 10.6 Å². The molecule has 1 unspecified atom stereocenters. The lowest BCUT2D eigenvalue weighted by atomic mass is 9.94. The summed E-state index contributed by atoms with van der Waals surface area (Å²) in [7, 11) is 1.60. The number of ether oxygens (including phenoxy) is 2. The Hall–Kier alpha value is -3.46. The molecule has 3 aromatic rings. The second-order valence-corrected chi connectivity index (χ2v) is 11.0. The van der Waals surface area contributed by atoms with Crippen LogP contribution < -0.4 is 20.1 Å². The molecule has 8 nitrogen and oxygen atoms in total. The minimum absolute atomic E-state index is 0.0149. The number of benzene rings is 3. The first-order valence-corrected chi connectivity index (χ1v) is 14.0. The molecule has 2 heterocycles. The standard InChI is InChI=1S/C30H32Cl2N4O4/c1-18(2)40-25-16-23(39-3)12-13-24(25)29-34-27(19-4-8-21(31)9-5-19)28(20-6-10-22(32)11-7-20)36(29)30(38)35-15-14-33-26(37)17-35/h4-13,16,18,27-29,34H,14-15,17H2,1-3H3,(H,33,37)/t27-,28+,29?/m0/s1. The van der Waals surface area contributed by atoms with Crippen molar-refractivity contribution in [2.75, 3.05) is 26.7 Å². The number of carbonyl (C=O) groups is 2. The van der Waals surface area contributed by atoms with Crippen molar-refractivity contribution in [3.8, 4) is 11.5 Å². The van der Waals surface area contributed by atoms with Gasteiger partial charge in [-0.05, 0) is 61.4 Å². The molecule has 0 radical (unpaired) electrons. The maximum absolute atomic E-state index is 14.4. The molecule has 0 spiro atoms. The van der Waals surface area contributed by atoms with Crippen LogP contribution in [0.25, 0.3) is 0 Å². The molecule has 3 amide bonds. The maximum Gasteiger partial charge on any atom is 0.322 e. The molecule has 2 aliphatic heterocycles. The average molecular weight is 584 g/mol. The number of carbonyl (C=O) groups excluding carboxylic acids is 2. The predicted octanol–water partition coefficient (Wildman–Crippen LogP) is 5.73. The topological polar surface area (TPSA) is 83.1 Å². The summed E-state index contributed by atoms with van der Waals surface area (Å²) in [6.45, 7) is 4.69. The van der Waals surface area contributed by atoms with Gasteiger partial charge in [-0.15, -0.1) is 0 Å². The van der Waals surface area contributed by atoms with Gasteiger partial charge in [-0.3, -0.25) is 15.0 Å². The normalized spacial score (nSPS) is 20.9. The first-order valence-electron chi connectivity index (χ1n) is 13.2. The average Bonchev–Trinajstić information content (AvgIpc) is 3.33. The molecule has 0 aliphatic carbocycles. The van der Waals surface area contributed by atoms with Crippen molar-refractivity contribution in [1.29, 1.82) is 0 Å². The molecular weight excluding hydrogens is 551 g/mol. The highest BCUT2D eigenvalue weighted by atomic mass is 35.5. The van der Waals surface area contributed by atoms with E-state index in [1.165, 1.54) is 0 Å². The quantitative estimate of drug-likeness (QED) is 0.388. The zero-order valence-electron chi connectivity index (χ0n) is 22.6. The van der Waals surface area contributed by atoms with Crippen molar-refractivity contribution in [3.05, 3.63) is 93.5 Å². The molecule has 0 bridgehead atoms. The maximum atomic E-state index is 14.4. The third-order valence-electron chi connectivity index (χ3n) is 7.08. The van der Waals surface area contributed by atoms with Crippen molar-refractivity contribution < 1.29 is 19.1 Å². The van der Waals surface area contributed by atoms with E-state index in [9.17, 15) is 9.59 Å². The minimum atomic E-state index is -0.585. The van der Waals surface area contributed by atoms with Crippen LogP contribution in [0.5, 0.6) is 11.5 Å². The van der Waals surface area contributed by atoms with Gasteiger partial charge < -0.3 is 19.7 Å². The van der Waals surface area contributed by atoms with Gasteiger partial charge in [0.15, 0.2) is 0 Å². The van der Waals surface area contributed by atoms with Gasteiger partial charge in [0.1, 0.15) is 24.2 Å². The highest BCUT2D eigenvalue weighted by molar-refractivity contribution is 6.30. The van der Waals surface area contributed by atoms with Gasteiger partial charge in [-0.1, -0.05) is 47.5 Å². The second-order valence-electron chi connectivity index (χ2n) is 10.1. The third kappa shape index (κ3) is 5.84. The number of halogens is 2. The molecule has 2 aliphatic rings. The van der Waals surface area contributed by atoms with Gasteiger partial charge in [0.25, 0.3) is 0 Å². The summed E-state index contributed by atoms with van der Waals surface area (Å²) in [4.78, 5) is 30.1. The number of methoxy groups -OCH3 is 1. The van der Waals surface area contributed by atoms with Crippen LogP contribution >= 0.6 is 23.2 Å². The molecule has 5 rings (SSSR count). The predicted molar refractivity (Wildman–Crippen MR) is 155 cm³/mol. The largest absolute Gasteiger partial charge is 0.497 e. The van der Waals surface area contributed by atoms with Gasteiger partial charge in [0.2, 0.25) is 5.91 Å². The van der Waals surface area contributed by atoms with Crippen molar-refractivity contribution in [2.24, 2.45) is 0 Å². The van der Waals surface area contributed by atoms with E-state index >= 15 is 0 Å². The van der Waals surface area contributed by atoms with E-state index in [0.717, 1.165) is 16.7 Å². The summed E-state index contributed by atoms with van der Waals surface area (Å²) in [6, 6.07) is 19.7. The van der Waals surface area contributed by atoms with Gasteiger partial charge in [0, 0.05) is 34.8 Å². The first kappa shape index (κ1) is 28.1.